The molecule has 0 fully saturated rings. The van der Waals surface area contributed by atoms with Crippen molar-refractivity contribution in [3.63, 3.8) is 0 Å². The second kappa shape index (κ2) is 16.4. The Labute approximate surface area is 154 Å². The van der Waals surface area contributed by atoms with E-state index in [1.807, 2.05) is 0 Å². The van der Waals surface area contributed by atoms with Crippen LogP contribution < -0.4 is 0 Å². The van der Waals surface area contributed by atoms with Gasteiger partial charge in [0.1, 0.15) is 0 Å². The number of unbranched alkanes of at least 4 members (excludes halogenated alkanes) is 11. The molecule has 0 amide bonds. The molecule has 0 saturated heterocycles. The van der Waals surface area contributed by atoms with Crippen LogP contribution in [0.25, 0.3) is 0 Å². The number of rotatable bonds is 17. The van der Waals surface area contributed by atoms with Gasteiger partial charge in [0.2, 0.25) is 0 Å². The molecule has 0 aliphatic carbocycles. The van der Waals surface area contributed by atoms with Crippen LogP contribution in [0.2, 0.25) is 0 Å². The summed E-state index contributed by atoms with van der Waals surface area (Å²) in [6.07, 6.45) is 19.5. The zero-order chi connectivity index (χ0) is 18.1. The monoisotopic (exact) mass is 340 g/mol. The Kier molecular flexibility index (Phi) is 16.4. The summed E-state index contributed by atoms with van der Waals surface area (Å²) in [6, 6.07) is 0. The van der Waals surface area contributed by atoms with E-state index in [1.165, 1.54) is 89.9 Å². The predicted molar refractivity (Wildman–Crippen MR) is 110 cm³/mol. The van der Waals surface area contributed by atoms with Gasteiger partial charge in [0.15, 0.2) is 0 Å². The van der Waals surface area contributed by atoms with Crippen LogP contribution in [0.5, 0.6) is 0 Å². The van der Waals surface area contributed by atoms with E-state index in [0.717, 1.165) is 19.1 Å². The van der Waals surface area contributed by atoms with Crippen molar-refractivity contribution in [2.75, 3.05) is 13.2 Å². The van der Waals surface area contributed by atoms with E-state index in [4.69, 9.17) is 4.74 Å². The summed E-state index contributed by atoms with van der Waals surface area (Å²) in [5, 5.41) is 0. The third kappa shape index (κ3) is 20.0. The van der Waals surface area contributed by atoms with Crippen molar-refractivity contribution in [3.05, 3.63) is 0 Å². The molecule has 0 spiro atoms. The van der Waals surface area contributed by atoms with Crippen molar-refractivity contribution in [2.45, 2.75) is 125 Å². The van der Waals surface area contributed by atoms with Gasteiger partial charge in [-0.15, -0.1) is 0 Å². The lowest BCUT2D eigenvalue weighted by Gasteiger charge is -2.23. The molecule has 1 nitrogen and oxygen atoms in total. The van der Waals surface area contributed by atoms with E-state index in [2.05, 4.69) is 34.6 Å². The largest absolute Gasteiger partial charge is 0.381 e. The molecular formula is C23H48O. The standard InChI is InChI=1S/C23H48O/c1-6-7-8-9-10-11-12-13-14-15-16-17-19-24-20-18-22(2)21-23(3,4)5/h22H,6-21H2,1-5H3. The quantitative estimate of drug-likeness (QED) is 0.243. The summed E-state index contributed by atoms with van der Waals surface area (Å²) in [5.74, 6) is 0.784. The summed E-state index contributed by atoms with van der Waals surface area (Å²) < 4.78 is 5.81. The zero-order valence-corrected chi connectivity index (χ0v) is 17.8. The van der Waals surface area contributed by atoms with Crippen LogP contribution in [0, 0.1) is 11.3 Å². The molecule has 1 unspecified atom stereocenters. The average molecular weight is 341 g/mol. The Morgan fingerprint density at radius 1 is 0.667 bits per heavy atom. The Balaban J connectivity index is 3.13. The normalized spacial score (nSPS) is 13.4. The maximum absolute atomic E-state index is 5.81. The molecule has 146 valence electrons. The van der Waals surface area contributed by atoms with Crippen molar-refractivity contribution in [1.29, 1.82) is 0 Å². The molecule has 24 heavy (non-hydrogen) atoms. The van der Waals surface area contributed by atoms with Crippen LogP contribution in [0.4, 0.5) is 0 Å². The van der Waals surface area contributed by atoms with Crippen LogP contribution in [0.15, 0.2) is 0 Å². The summed E-state index contributed by atoms with van der Waals surface area (Å²) in [5.41, 5.74) is 0.453. The molecule has 0 aliphatic heterocycles. The summed E-state index contributed by atoms with van der Waals surface area (Å²) in [4.78, 5) is 0. The first kappa shape index (κ1) is 24.0. The number of hydrogen-bond acceptors (Lipinski definition) is 1. The van der Waals surface area contributed by atoms with Gasteiger partial charge in [-0.05, 0) is 30.6 Å². The molecule has 0 aliphatic rings. The van der Waals surface area contributed by atoms with Crippen molar-refractivity contribution in [1.82, 2.24) is 0 Å². The minimum absolute atomic E-state index is 0.453. The first-order valence-corrected chi connectivity index (χ1v) is 11.0. The van der Waals surface area contributed by atoms with Gasteiger partial charge in [-0.25, -0.2) is 0 Å². The molecule has 0 heterocycles. The highest BCUT2D eigenvalue weighted by atomic mass is 16.5. The van der Waals surface area contributed by atoms with Gasteiger partial charge < -0.3 is 4.74 Å². The lowest BCUT2D eigenvalue weighted by Crippen LogP contribution is -2.12. The Bertz CT molecular complexity index is 241. The lowest BCUT2D eigenvalue weighted by atomic mass is 9.84. The maximum atomic E-state index is 5.81. The second-order valence-corrected chi connectivity index (χ2v) is 9.16. The summed E-state index contributed by atoms with van der Waals surface area (Å²) in [6.45, 7) is 13.6. The third-order valence-corrected chi connectivity index (χ3v) is 4.86. The molecule has 0 rings (SSSR count). The smallest absolute Gasteiger partial charge is 0.0468 e. The molecule has 0 aromatic rings. The first-order chi connectivity index (χ1) is 11.5. The van der Waals surface area contributed by atoms with Gasteiger partial charge in [-0.3, -0.25) is 0 Å². The molecule has 0 N–H and O–H groups in total. The zero-order valence-electron chi connectivity index (χ0n) is 17.8. The molecule has 1 heteroatoms. The Morgan fingerprint density at radius 2 is 1.12 bits per heavy atom. The van der Waals surface area contributed by atoms with Crippen molar-refractivity contribution < 1.29 is 4.74 Å². The average Bonchev–Trinajstić information content (AvgIpc) is 2.49. The van der Waals surface area contributed by atoms with E-state index >= 15 is 0 Å². The summed E-state index contributed by atoms with van der Waals surface area (Å²) in [7, 11) is 0. The van der Waals surface area contributed by atoms with Crippen LogP contribution in [0.1, 0.15) is 125 Å². The molecule has 0 saturated carbocycles. The van der Waals surface area contributed by atoms with E-state index < -0.39 is 0 Å². The first-order valence-electron chi connectivity index (χ1n) is 11.0. The van der Waals surface area contributed by atoms with Crippen LogP contribution in [0.3, 0.4) is 0 Å². The molecular weight excluding hydrogens is 292 g/mol. The molecule has 1 atom stereocenters. The van der Waals surface area contributed by atoms with E-state index in [0.29, 0.717) is 5.41 Å². The highest BCUT2D eigenvalue weighted by molar-refractivity contribution is 4.66. The van der Waals surface area contributed by atoms with Gasteiger partial charge in [-0.1, -0.05) is 105 Å². The van der Waals surface area contributed by atoms with Gasteiger partial charge >= 0.3 is 0 Å². The van der Waals surface area contributed by atoms with Gasteiger partial charge in [0.25, 0.3) is 0 Å². The molecule has 0 aromatic heterocycles. The van der Waals surface area contributed by atoms with Crippen molar-refractivity contribution in [3.8, 4) is 0 Å². The summed E-state index contributed by atoms with van der Waals surface area (Å²) >= 11 is 0. The van der Waals surface area contributed by atoms with Gasteiger partial charge in [-0.2, -0.15) is 0 Å². The van der Waals surface area contributed by atoms with Gasteiger partial charge in [0.05, 0.1) is 0 Å². The van der Waals surface area contributed by atoms with E-state index in [-0.39, 0.29) is 0 Å². The van der Waals surface area contributed by atoms with Crippen LogP contribution in [-0.4, -0.2) is 13.2 Å². The molecule has 0 bridgehead atoms. The maximum Gasteiger partial charge on any atom is 0.0468 e. The Morgan fingerprint density at radius 3 is 1.58 bits per heavy atom. The van der Waals surface area contributed by atoms with E-state index in [1.54, 1.807) is 0 Å². The highest BCUT2D eigenvalue weighted by Gasteiger charge is 2.14. The van der Waals surface area contributed by atoms with E-state index in [9.17, 15) is 0 Å². The van der Waals surface area contributed by atoms with Crippen molar-refractivity contribution >= 4 is 0 Å². The minimum Gasteiger partial charge on any atom is -0.381 e. The number of ether oxygens (including phenoxy) is 1. The fourth-order valence-corrected chi connectivity index (χ4v) is 3.58. The topological polar surface area (TPSA) is 9.23 Å². The minimum atomic E-state index is 0.453. The molecule has 0 aromatic carbocycles. The van der Waals surface area contributed by atoms with Crippen LogP contribution in [-0.2, 0) is 4.74 Å². The molecule has 0 radical (unpaired) electrons. The number of hydrogen-bond donors (Lipinski definition) is 0. The fourth-order valence-electron chi connectivity index (χ4n) is 3.58. The Hall–Kier alpha value is -0.0400. The van der Waals surface area contributed by atoms with Crippen LogP contribution >= 0.6 is 0 Å². The fraction of sp³-hybridized carbons (Fsp3) is 1.00. The third-order valence-electron chi connectivity index (χ3n) is 4.86. The lowest BCUT2D eigenvalue weighted by molar-refractivity contribution is 0.112. The second-order valence-electron chi connectivity index (χ2n) is 9.16. The highest BCUT2D eigenvalue weighted by Crippen LogP contribution is 2.25. The van der Waals surface area contributed by atoms with Crippen molar-refractivity contribution in [2.24, 2.45) is 11.3 Å². The van der Waals surface area contributed by atoms with Gasteiger partial charge in [0, 0.05) is 13.2 Å². The predicted octanol–water partition coefficient (Wildman–Crippen LogP) is 8.17. The SMILES string of the molecule is CCCCCCCCCCCCCCOCCC(C)CC(C)(C)C.